The fourth-order valence-corrected chi connectivity index (χ4v) is 3.39. The zero-order chi connectivity index (χ0) is 21.5. The Morgan fingerprint density at radius 3 is 2.37 bits per heavy atom. The predicted octanol–water partition coefficient (Wildman–Crippen LogP) is 5.10. The standard InChI is InChI=1S/C23H20Cl2N2O3/c1-30-21(28)14-26-22(15-6-3-2-4-7-15)19-13-18(25)10-11-20(19)27-23(29)16-8-5-9-17(24)12-16/h2-13,22,26H,14H2,1H3,(H,27,29)/t22-/m1/s1. The van der Waals surface area contributed by atoms with Gasteiger partial charge in [-0.1, -0.05) is 59.6 Å². The molecule has 0 saturated carbocycles. The molecule has 0 aliphatic rings. The second-order valence-corrected chi connectivity index (χ2v) is 7.37. The Kier molecular flexibility index (Phi) is 7.46. The smallest absolute Gasteiger partial charge is 0.319 e. The van der Waals surface area contributed by atoms with Crippen molar-refractivity contribution in [3.05, 3.63) is 99.5 Å². The number of methoxy groups -OCH3 is 1. The van der Waals surface area contributed by atoms with E-state index in [1.54, 1.807) is 42.5 Å². The van der Waals surface area contributed by atoms with E-state index in [-0.39, 0.29) is 12.5 Å². The monoisotopic (exact) mass is 442 g/mol. The van der Waals surface area contributed by atoms with Gasteiger partial charge in [0.2, 0.25) is 0 Å². The number of esters is 1. The predicted molar refractivity (Wildman–Crippen MR) is 119 cm³/mol. The van der Waals surface area contributed by atoms with E-state index < -0.39 is 12.0 Å². The van der Waals surface area contributed by atoms with Crippen LogP contribution in [0.4, 0.5) is 5.69 Å². The molecule has 1 atom stereocenters. The van der Waals surface area contributed by atoms with Crippen molar-refractivity contribution in [3.63, 3.8) is 0 Å². The van der Waals surface area contributed by atoms with Crippen LogP contribution in [0.25, 0.3) is 0 Å². The summed E-state index contributed by atoms with van der Waals surface area (Å²) in [6.45, 7) is -0.00967. The summed E-state index contributed by atoms with van der Waals surface area (Å²) in [5, 5.41) is 7.09. The molecule has 5 nitrogen and oxygen atoms in total. The molecule has 3 aromatic rings. The Balaban J connectivity index is 1.97. The van der Waals surface area contributed by atoms with Crippen molar-refractivity contribution in [2.75, 3.05) is 19.0 Å². The molecule has 0 heterocycles. The van der Waals surface area contributed by atoms with E-state index in [0.29, 0.717) is 26.9 Å². The third kappa shape index (κ3) is 5.60. The van der Waals surface area contributed by atoms with E-state index in [4.69, 9.17) is 27.9 Å². The lowest BCUT2D eigenvalue weighted by molar-refractivity contribution is -0.139. The minimum atomic E-state index is -0.404. The lowest BCUT2D eigenvalue weighted by Crippen LogP contribution is -2.30. The van der Waals surface area contributed by atoms with Gasteiger partial charge in [-0.3, -0.25) is 14.9 Å². The molecule has 0 aliphatic carbocycles. The van der Waals surface area contributed by atoms with Crippen LogP contribution in [0.1, 0.15) is 27.5 Å². The minimum Gasteiger partial charge on any atom is -0.468 e. The van der Waals surface area contributed by atoms with Crippen LogP contribution in [0, 0.1) is 0 Å². The second kappa shape index (κ2) is 10.3. The van der Waals surface area contributed by atoms with Gasteiger partial charge in [0.05, 0.1) is 19.7 Å². The first-order chi connectivity index (χ1) is 14.5. The van der Waals surface area contributed by atoms with Gasteiger partial charge in [-0.05, 0) is 47.5 Å². The van der Waals surface area contributed by atoms with E-state index in [9.17, 15) is 9.59 Å². The van der Waals surface area contributed by atoms with Crippen LogP contribution in [0.5, 0.6) is 0 Å². The van der Waals surface area contributed by atoms with Gasteiger partial charge >= 0.3 is 5.97 Å². The Hall–Kier alpha value is -2.86. The number of rotatable bonds is 7. The third-order valence-corrected chi connectivity index (χ3v) is 4.94. The molecule has 0 fully saturated rings. The molecule has 3 rings (SSSR count). The highest BCUT2D eigenvalue weighted by atomic mass is 35.5. The van der Waals surface area contributed by atoms with Crippen molar-refractivity contribution >= 4 is 40.8 Å². The normalized spacial score (nSPS) is 11.6. The van der Waals surface area contributed by atoms with Gasteiger partial charge < -0.3 is 10.1 Å². The van der Waals surface area contributed by atoms with Gasteiger partial charge in [0.1, 0.15) is 0 Å². The van der Waals surface area contributed by atoms with Crippen LogP contribution < -0.4 is 10.6 Å². The number of ether oxygens (including phenoxy) is 1. The highest BCUT2D eigenvalue weighted by Crippen LogP contribution is 2.31. The lowest BCUT2D eigenvalue weighted by atomic mass is 9.96. The summed E-state index contributed by atoms with van der Waals surface area (Å²) in [6, 6.07) is 21.0. The highest BCUT2D eigenvalue weighted by molar-refractivity contribution is 6.31. The number of anilines is 1. The van der Waals surface area contributed by atoms with Gasteiger partial charge in [0.15, 0.2) is 0 Å². The SMILES string of the molecule is COC(=O)CN[C@H](c1ccccc1)c1cc(Cl)ccc1NC(=O)c1cccc(Cl)c1. The molecular formula is C23H20Cl2N2O3. The van der Waals surface area contributed by atoms with Gasteiger partial charge in [0, 0.05) is 21.3 Å². The second-order valence-electron chi connectivity index (χ2n) is 6.50. The topological polar surface area (TPSA) is 67.4 Å². The molecule has 0 aromatic heterocycles. The number of hydrogen-bond donors (Lipinski definition) is 2. The average Bonchev–Trinajstić information content (AvgIpc) is 2.76. The third-order valence-electron chi connectivity index (χ3n) is 4.47. The van der Waals surface area contributed by atoms with Crippen molar-refractivity contribution in [1.29, 1.82) is 0 Å². The molecule has 0 spiro atoms. The highest BCUT2D eigenvalue weighted by Gasteiger charge is 2.20. The average molecular weight is 443 g/mol. The zero-order valence-electron chi connectivity index (χ0n) is 16.2. The largest absolute Gasteiger partial charge is 0.468 e. The van der Waals surface area contributed by atoms with Crippen molar-refractivity contribution in [3.8, 4) is 0 Å². The summed E-state index contributed by atoms with van der Waals surface area (Å²) in [7, 11) is 1.33. The first kappa shape index (κ1) is 21.8. The van der Waals surface area contributed by atoms with Gasteiger partial charge in [-0.2, -0.15) is 0 Å². The van der Waals surface area contributed by atoms with Crippen LogP contribution >= 0.6 is 23.2 Å². The number of benzene rings is 3. The number of amides is 1. The van der Waals surface area contributed by atoms with Crippen LogP contribution in [-0.4, -0.2) is 25.5 Å². The first-order valence-corrected chi connectivity index (χ1v) is 9.95. The summed E-state index contributed by atoms with van der Waals surface area (Å²) < 4.78 is 4.75. The molecule has 0 radical (unpaired) electrons. The first-order valence-electron chi connectivity index (χ1n) is 9.19. The van der Waals surface area contributed by atoms with Crippen LogP contribution in [0.3, 0.4) is 0 Å². The number of carbonyl (C=O) groups excluding carboxylic acids is 2. The molecule has 30 heavy (non-hydrogen) atoms. The summed E-state index contributed by atoms with van der Waals surface area (Å²) in [5.74, 6) is -0.705. The lowest BCUT2D eigenvalue weighted by Gasteiger charge is -2.23. The van der Waals surface area contributed by atoms with E-state index in [2.05, 4.69) is 10.6 Å². The van der Waals surface area contributed by atoms with Crippen LogP contribution in [-0.2, 0) is 9.53 Å². The molecule has 1 amide bonds. The summed E-state index contributed by atoms with van der Waals surface area (Å²) in [5.41, 5.74) is 2.62. The number of carbonyl (C=O) groups is 2. The van der Waals surface area contributed by atoms with E-state index >= 15 is 0 Å². The van der Waals surface area contributed by atoms with Crippen LogP contribution in [0.2, 0.25) is 10.0 Å². The number of nitrogens with one attached hydrogen (secondary N) is 2. The van der Waals surface area contributed by atoms with Crippen molar-refractivity contribution in [2.45, 2.75) is 6.04 Å². The summed E-state index contributed by atoms with van der Waals surface area (Å²) >= 11 is 12.3. The van der Waals surface area contributed by atoms with E-state index in [0.717, 1.165) is 5.56 Å². The maximum atomic E-state index is 12.8. The van der Waals surface area contributed by atoms with Crippen molar-refractivity contribution in [2.24, 2.45) is 0 Å². The molecular weight excluding hydrogens is 423 g/mol. The molecule has 7 heteroatoms. The molecule has 0 bridgehead atoms. The van der Waals surface area contributed by atoms with Gasteiger partial charge in [0.25, 0.3) is 5.91 Å². The fourth-order valence-electron chi connectivity index (χ4n) is 3.02. The molecule has 154 valence electrons. The van der Waals surface area contributed by atoms with Crippen molar-refractivity contribution in [1.82, 2.24) is 5.32 Å². The molecule has 2 N–H and O–H groups in total. The number of hydrogen-bond acceptors (Lipinski definition) is 4. The fraction of sp³-hybridized carbons (Fsp3) is 0.130. The van der Waals surface area contributed by atoms with Crippen molar-refractivity contribution < 1.29 is 14.3 Å². The van der Waals surface area contributed by atoms with Gasteiger partial charge in [-0.25, -0.2) is 0 Å². The number of halogens is 2. The van der Waals surface area contributed by atoms with Crippen LogP contribution in [0.15, 0.2) is 72.8 Å². The Labute approximate surface area is 185 Å². The zero-order valence-corrected chi connectivity index (χ0v) is 17.7. The molecule has 0 saturated heterocycles. The van der Waals surface area contributed by atoms with E-state index in [1.807, 2.05) is 30.3 Å². The Morgan fingerprint density at radius 2 is 1.67 bits per heavy atom. The maximum Gasteiger partial charge on any atom is 0.319 e. The molecule has 0 unspecified atom stereocenters. The summed E-state index contributed by atoms with van der Waals surface area (Å²) in [6.07, 6.45) is 0. The maximum absolute atomic E-state index is 12.8. The van der Waals surface area contributed by atoms with Gasteiger partial charge in [-0.15, -0.1) is 0 Å². The summed E-state index contributed by atoms with van der Waals surface area (Å²) in [4.78, 5) is 24.5. The van der Waals surface area contributed by atoms with E-state index in [1.165, 1.54) is 7.11 Å². The quantitative estimate of drug-likeness (QED) is 0.499. The molecule has 0 aliphatic heterocycles. The minimum absolute atomic E-state index is 0.00967. The Bertz CT molecular complexity index is 1040. The molecule has 3 aromatic carbocycles. The Morgan fingerprint density at radius 1 is 0.933 bits per heavy atom.